The van der Waals surface area contributed by atoms with Crippen molar-refractivity contribution in [1.82, 2.24) is 4.90 Å². The van der Waals surface area contributed by atoms with E-state index in [4.69, 9.17) is 5.73 Å². The van der Waals surface area contributed by atoms with Gasteiger partial charge in [-0.05, 0) is 57.8 Å². The predicted molar refractivity (Wildman–Crippen MR) is 106 cm³/mol. The molecule has 0 aromatic heterocycles. The summed E-state index contributed by atoms with van der Waals surface area (Å²) in [6, 6.07) is 1.66. The summed E-state index contributed by atoms with van der Waals surface area (Å²) in [6.07, 6.45) is 11.3. The second kappa shape index (κ2) is 12.3. The summed E-state index contributed by atoms with van der Waals surface area (Å²) >= 11 is 0. The zero-order valence-electron chi connectivity index (χ0n) is 17.3. The minimum absolute atomic E-state index is 0.375. The van der Waals surface area contributed by atoms with Gasteiger partial charge in [0.1, 0.15) is 0 Å². The van der Waals surface area contributed by atoms with Gasteiger partial charge in [0, 0.05) is 24.7 Å². The van der Waals surface area contributed by atoms with Gasteiger partial charge in [0.2, 0.25) is 0 Å². The van der Waals surface area contributed by atoms with Crippen LogP contribution >= 0.6 is 0 Å². The first-order valence-electron chi connectivity index (χ1n) is 10.4. The van der Waals surface area contributed by atoms with Crippen LogP contribution in [0.3, 0.4) is 0 Å². The number of unbranched alkanes of at least 4 members (excludes halogenated alkanes) is 2. The van der Waals surface area contributed by atoms with Gasteiger partial charge in [-0.15, -0.1) is 0 Å². The molecule has 0 aliphatic carbocycles. The van der Waals surface area contributed by atoms with E-state index in [1.54, 1.807) is 0 Å². The van der Waals surface area contributed by atoms with Gasteiger partial charge >= 0.3 is 0 Å². The van der Waals surface area contributed by atoms with Gasteiger partial charge in [-0.1, -0.05) is 53.9 Å². The maximum absolute atomic E-state index is 6.38. The topological polar surface area (TPSA) is 29.3 Å². The summed E-state index contributed by atoms with van der Waals surface area (Å²) in [5, 5.41) is 0. The highest BCUT2D eigenvalue weighted by molar-refractivity contribution is 4.89. The molecule has 0 amide bonds. The number of rotatable bonds is 14. The average molecular weight is 327 g/mol. The fourth-order valence-electron chi connectivity index (χ4n) is 4.13. The molecule has 3 unspecified atom stereocenters. The van der Waals surface area contributed by atoms with Gasteiger partial charge < -0.3 is 5.73 Å². The second-order valence-electron chi connectivity index (χ2n) is 7.64. The highest BCUT2D eigenvalue weighted by Crippen LogP contribution is 2.38. The lowest BCUT2D eigenvalue weighted by Crippen LogP contribution is -2.50. The van der Waals surface area contributed by atoms with Crippen LogP contribution in [0, 0.1) is 5.41 Å². The predicted octanol–water partition coefficient (Wildman–Crippen LogP) is 5.99. The molecule has 0 fully saturated rings. The smallest absolute Gasteiger partial charge is 0.0126 e. The molecule has 0 aliphatic heterocycles. The second-order valence-corrected chi connectivity index (χ2v) is 7.64. The van der Waals surface area contributed by atoms with Gasteiger partial charge in [0.05, 0.1) is 0 Å². The van der Waals surface area contributed by atoms with Crippen molar-refractivity contribution in [3.8, 4) is 0 Å². The third-order valence-electron chi connectivity index (χ3n) is 6.59. The SMILES string of the molecule is CCCCCC(N)CCN(C(C)CC)C(C)C(CC)(CC)CC. The molecular formula is C21H46N2. The van der Waals surface area contributed by atoms with Crippen LogP contribution in [0.2, 0.25) is 0 Å². The van der Waals surface area contributed by atoms with Crippen molar-refractivity contribution >= 4 is 0 Å². The maximum Gasteiger partial charge on any atom is 0.0126 e. The molecule has 0 aromatic carbocycles. The Morgan fingerprint density at radius 3 is 1.87 bits per heavy atom. The molecule has 0 spiro atoms. The normalized spacial score (nSPS) is 16.6. The molecule has 0 aromatic rings. The number of hydrogen-bond acceptors (Lipinski definition) is 2. The first kappa shape index (κ1) is 22.9. The van der Waals surface area contributed by atoms with E-state index < -0.39 is 0 Å². The van der Waals surface area contributed by atoms with E-state index in [-0.39, 0.29) is 0 Å². The highest BCUT2D eigenvalue weighted by atomic mass is 15.2. The minimum atomic E-state index is 0.375. The van der Waals surface area contributed by atoms with Crippen molar-refractivity contribution in [3.05, 3.63) is 0 Å². The van der Waals surface area contributed by atoms with E-state index in [2.05, 4.69) is 53.4 Å². The Morgan fingerprint density at radius 1 is 0.870 bits per heavy atom. The largest absolute Gasteiger partial charge is 0.328 e. The van der Waals surface area contributed by atoms with Crippen LogP contribution in [0.4, 0.5) is 0 Å². The molecule has 0 bridgehead atoms. The summed E-state index contributed by atoms with van der Waals surface area (Å²) in [5.41, 5.74) is 6.84. The third-order valence-corrected chi connectivity index (χ3v) is 6.59. The Hall–Kier alpha value is -0.0800. The van der Waals surface area contributed by atoms with Gasteiger partial charge in [0.15, 0.2) is 0 Å². The van der Waals surface area contributed by atoms with Crippen molar-refractivity contribution in [2.24, 2.45) is 11.1 Å². The first-order valence-corrected chi connectivity index (χ1v) is 10.4. The van der Waals surface area contributed by atoms with Crippen molar-refractivity contribution in [3.63, 3.8) is 0 Å². The Balaban J connectivity index is 4.81. The van der Waals surface area contributed by atoms with Crippen LogP contribution in [0.25, 0.3) is 0 Å². The molecular weight excluding hydrogens is 280 g/mol. The number of hydrogen-bond donors (Lipinski definition) is 1. The van der Waals surface area contributed by atoms with E-state index in [0.717, 1.165) is 13.0 Å². The van der Waals surface area contributed by atoms with Crippen molar-refractivity contribution in [2.75, 3.05) is 6.54 Å². The quantitative estimate of drug-likeness (QED) is 0.397. The zero-order chi connectivity index (χ0) is 17.9. The molecule has 0 saturated carbocycles. The van der Waals surface area contributed by atoms with E-state index in [1.165, 1.54) is 51.4 Å². The molecule has 140 valence electrons. The summed E-state index contributed by atoms with van der Waals surface area (Å²) in [5.74, 6) is 0. The molecule has 0 aliphatic rings. The van der Waals surface area contributed by atoms with Gasteiger partial charge in [-0.25, -0.2) is 0 Å². The Kier molecular flexibility index (Phi) is 12.3. The van der Waals surface area contributed by atoms with Crippen LogP contribution in [-0.2, 0) is 0 Å². The third kappa shape index (κ3) is 7.13. The lowest BCUT2D eigenvalue weighted by atomic mass is 9.73. The van der Waals surface area contributed by atoms with Crippen LogP contribution in [-0.4, -0.2) is 29.6 Å². The summed E-state index contributed by atoms with van der Waals surface area (Å²) < 4.78 is 0. The molecule has 2 heteroatoms. The Labute approximate surface area is 147 Å². The van der Waals surface area contributed by atoms with Crippen LogP contribution in [0.5, 0.6) is 0 Å². The van der Waals surface area contributed by atoms with Crippen molar-refractivity contribution < 1.29 is 0 Å². The maximum atomic E-state index is 6.38. The Morgan fingerprint density at radius 2 is 1.43 bits per heavy atom. The molecule has 0 radical (unpaired) electrons. The Bertz CT molecular complexity index is 265. The minimum Gasteiger partial charge on any atom is -0.328 e. The van der Waals surface area contributed by atoms with Crippen molar-refractivity contribution in [2.45, 2.75) is 124 Å². The summed E-state index contributed by atoms with van der Waals surface area (Å²) in [7, 11) is 0. The zero-order valence-corrected chi connectivity index (χ0v) is 17.3. The molecule has 23 heavy (non-hydrogen) atoms. The monoisotopic (exact) mass is 326 g/mol. The lowest BCUT2D eigenvalue weighted by Gasteiger charge is -2.46. The summed E-state index contributed by atoms with van der Waals surface area (Å²) in [4.78, 5) is 2.76. The van der Waals surface area contributed by atoms with Gasteiger partial charge in [-0.3, -0.25) is 4.90 Å². The average Bonchev–Trinajstić information content (AvgIpc) is 2.57. The number of nitrogens with zero attached hydrogens (tertiary/aromatic N) is 1. The molecule has 2 nitrogen and oxygen atoms in total. The molecule has 0 heterocycles. The van der Waals surface area contributed by atoms with Gasteiger partial charge in [-0.2, -0.15) is 0 Å². The van der Waals surface area contributed by atoms with E-state index >= 15 is 0 Å². The lowest BCUT2D eigenvalue weighted by molar-refractivity contribution is 0.0315. The number of nitrogens with two attached hydrogens (primary N) is 1. The molecule has 3 atom stereocenters. The fraction of sp³-hybridized carbons (Fsp3) is 1.00. The standard InChI is InChI=1S/C21H46N2/c1-8-13-14-15-20(22)16-17-23(18(6)9-2)19(7)21(10-3,11-4)12-5/h18-20H,8-17,22H2,1-7H3. The molecule has 0 rings (SSSR count). The van der Waals surface area contributed by atoms with Crippen LogP contribution in [0.15, 0.2) is 0 Å². The van der Waals surface area contributed by atoms with Crippen molar-refractivity contribution in [1.29, 1.82) is 0 Å². The highest BCUT2D eigenvalue weighted by Gasteiger charge is 2.36. The molecule has 0 saturated heterocycles. The summed E-state index contributed by atoms with van der Waals surface area (Å²) in [6.45, 7) is 17.7. The van der Waals surface area contributed by atoms with E-state index in [9.17, 15) is 0 Å². The van der Waals surface area contributed by atoms with Crippen LogP contribution < -0.4 is 5.73 Å². The van der Waals surface area contributed by atoms with E-state index in [0.29, 0.717) is 23.5 Å². The fourth-order valence-corrected chi connectivity index (χ4v) is 4.13. The van der Waals surface area contributed by atoms with Gasteiger partial charge in [0.25, 0.3) is 0 Å². The first-order chi connectivity index (χ1) is 10.9. The van der Waals surface area contributed by atoms with E-state index in [1.807, 2.05) is 0 Å². The van der Waals surface area contributed by atoms with Crippen LogP contribution in [0.1, 0.15) is 106 Å². The molecule has 2 N–H and O–H groups in total.